The van der Waals surface area contributed by atoms with E-state index in [4.69, 9.17) is 0 Å². The zero-order valence-electron chi connectivity index (χ0n) is 17.9. The second kappa shape index (κ2) is 8.71. The van der Waals surface area contributed by atoms with Crippen LogP contribution in [0.4, 0.5) is 10.1 Å². The van der Waals surface area contributed by atoms with E-state index in [-0.39, 0.29) is 17.6 Å². The molecule has 31 heavy (non-hydrogen) atoms. The quantitative estimate of drug-likeness (QED) is 0.646. The Morgan fingerprint density at radius 3 is 2.71 bits per heavy atom. The summed E-state index contributed by atoms with van der Waals surface area (Å²) in [5.41, 5.74) is 4.15. The van der Waals surface area contributed by atoms with E-state index in [1.165, 1.54) is 12.1 Å². The summed E-state index contributed by atoms with van der Waals surface area (Å²) in [6.07, 6.45) is 2.53. The van der Waals surface area contributed by atoms with Gasteiger partial charge >= 0.3 is 0 Å². The van der Waals surface area contributed by atoms with Crippen LogP contribution in [-0.2, 0) is 11.3 Å². The van der Waals surface area contributed by atoms with E-state index in [0.717, 1.165) is 53.5 Å². The number of aromatic nitrogens is 3. The summed E-state index contributed by atoms with van der Waals surface area (Å²) in [6, 6.07) is 12.3. The van der Waals surface area contributed by atoms with Crippen LogP contribution in [0.25, 0.3) is 11.4 Å². The number of rotatable bonds is 5. The predicted octanol–water partition coefficient (Wildman–Crippen LogP) is 4.32. The minimum atomic E-state index is -0.282. The van der Waals surface area contributed by atoms with Crippen molar-refractivity contribution in [1.29, 1.82) is 0 Å². The lowest BCUT2D eigenvalue weighted by Gasteiger charge is -2.25. The van der Waals surface area contributed by atoms with Gasteiger partial charge in [0.05, 0.1) is 0 Å². The van der Waals surface area contributed by atoms with Crippen molar-refractivity contribution in [3.8, 4) is 11.4 Å². The average molecular weight is 420 g/mol. The van der Waals surface area contributed by atoms with Crippen molar-refractivity contribution in [2.45, 2.75) is 39.7 Å². The lowest BCUT2D eigenvalue weighted by Crippen LogP contribution is -2.28. The van der Waals surface area contributed by atoms with Gasteiger partial charge in [-0.25, -0.2) is 4.39 Å². The third kappa shape index (κ3) is 4.21. The number of hydrogen-bond donors (Lipinski definition) is 2. The molecule has 0 saturated carbocycles. The van der Waals surface area contributed by atoms with E-state index >= 15 is 0 Å². The van der Waals surface area contributed by atoms with Crippen molar-refractivity contribution in [2.24, 2.45) is 0 Å². The van der Waals surface area contributed by atoms with Crippen LogP contribution >= 0.6 is 0 Å². The fourth-order valence-corrected chi connectivity index (χ4v) is 3.99. The fourth-order valence-electron chi connectivity index (χ4n) is 3.99. The number of amides is 1. The van der Waals surface area contributed by atoms with Crippen molar-refractivity contribution in [3.63, 3.8) is 0 Å². The summed E-state index contributed by atoms with van der Waals surface area (Å²) in [5.74, 6) is 1.09. The van der Waals surface area contributed by atoms with Gasteiger partial charge in [0, 0.05) is 42.0 Å². The molecule has 6 nitrogen and oxygen atoms in total. The van der Waals surface area contributed by atoms with Gasteiger partial charge in [-0.3, -0.25) is 4.79 Å². The first-order valence-electron chi connectivity index (χ1n) is 10.5. The summed E-state index contributed by atoms with van der Waals surface area (Å²) in [7, 11) is 0. The van der Waals surface area contributed by atoms with Crippen LogP contribution in [0.15, 0.2) is 54.2 Å². The Hall–Kier alpha value is -3.48. The number of nitrogens with one attached hydrogen (secondary N) is 2. The standard InChI is InChI=1S/C24H26FN5O/c1-4-30-16(3)28-29-23(30)18-6-5-15(2)22(13-18)27-24(31)21-14-26-12-11-20(21)17-7-9-19(25)10-8-17/h5-10,13-14,20,26H,4,11-12H2,1-3H3,(H,27,31)/t20-/m0/s1. The van der Waals surface area contributed by atoms with Crippen LogP contribution in [0.3, 0.4) is 0 Å². The maximum absolute atomic E-state index is 13.4. The van der Waals surface area contributed by atoms with Gasteiger partial charge in [0.25, 0.3) is 5.91 Å². The molecule has 2 heterocycles. The zero-order chi connectivity index (χ0) is 22.0. The smallest absolute Gasteiger partial charge is 0.253 e. The third-order valence-electron chi connectivity index (χ3n) is 5.74. The highest BCUT2D eigenvalue weighted by Crippen LogP contribution is 2.32. The molecule has 1 atom stereocenters. The Kier molecular flexibility index (Phi) is 5.84. The van der Waals surface area contributed by atoms with Crippen LogP contribution < -0.4 is 10.6 Å². The van der Waals surface area contributed by atoms with E-state index in [9.17, 15) is 9.18 Å². The van der Waals surface area contributed by atoms with Gasteiger partial charge in [0.15, 0.2) is 5.82 Å². The average Bonchev–Trinajstić information content (AvgIpc) is 3.16. The number of aryl methyl sites for hydroxylation is 2. The van der Waals surface area contributed by atoms with Crippen molar-refractivity contribution in [2.75, 3.05) is 11.9 Å². The Morgan fingerprint density at radius 1 is 1.19 bits per heavy atom. The number of anilines is 1. The number of benzene rings is 2. The second-order valence-corrected chi connectivity index (χ2v) is 7.75. The normalized spacial score (nSPS) is 15.9. The molecule has 0 spiro atoms. The van der Waals surface area contributed by atoms with Crippen molar-refractivity contribution in [3.05, 3.63) is 77.0 Å². The Labute approximate surface area is 181 Å². The summed E-state index contributed by atoms with van der Waals surface area (Å²) >= 11 is 0. The highest BCUT2D eigenvalue weighted by atomic mass is 19.1. The summed E-state index contributed by atoms with van der Waals surface area (Å²) < 4.78 is 15.4. The third-order valence-corrected chi connectivity index (χ3v) is 5.74. The van der Waals surface area contributed by atoms with Gasteiger partial charge in [-0.1, -0.05) is 24.3 Å². The predicted molar refractivity (Wildman–Crippen MR) is 119 cm³/mol. The number of nitrogens with zero attached hydrogens (tertiary/aromatic N) is 3. The molecule has 1 aliphatic heterocycles. The Bertz CT molecular complexity index is 1130. The summed E-state index contributed by atoms with van der Waals surface area (Å²) in [6.45, 7) is 7.46. The molecular formula is C24H26FN5O. The van der Waals surface area contributed by atoms with Crippen LogP contribution in [0.1, 0.15) is 36.2 Å². The van der Waals surface area contributed by atoms with E-state index in [1.807, 2.05) is 36.6 Å². The minimum absolute atomic E-state index is 0.0869. The molecule has 3 aromatic rings. The summed E-state index contributed by atoms with van der Waals surface area (Å²) in [5, 5.41) is 14.7. The molecule has 7 heteroatoms. The molecule has 0 aliphatic carbocycles. The maximum atomic E-state index is 13.4. The molecule has 0 fully saturated rings. The largest absolute Gasteiger partial charge is 0.390 e. The SMILES string of the molecule is CCn1c(C)nnc1-c1ccc(C)c(NC(=O)C2=CNCC[C@H]2c2ccc(F)cc2)c1. The monoisotopic (exact) mass is 419 g/mol. The first-order valence-corrected chi connectivity index (χ1v) is 10.5. The molecule has 2 aromatic carbocycles. The van der Waals surface area contributed by atoms with Crippen LogP contribution in [-0.4, -0.2) is 27.2 Å². The molecule has 160 valence electrons. The van der Waals surface area contributed by atoms with Gasteiger partial charge in [0.1, 0.15) is 11.6 Å². The first kappa shape index (κ1) is 20.8. The lowest BCUT2D eigenvalue weighted by atomic mass is 9.86. The number of carbonyl (C=O) groups excluding carboxylic acids is 1. The molecule has 1 aromatic heterocycles. The zero-order valence-corrected chi connectivity index (χ0v) is 17.9. The molecule has 4 rings (SSSR count). The molecule has 1 amide bonds. The van der Waals surface area contributed by atoms with Crippen LogP contribution in [0, 0.1) is 19.7 Å². The fraction of sp³-hybridized carbons (Fsp3) is 0.292. The topological polar surface area (TPSA) is 71.8 Å². The lowest BCUT2D eigenvalue weighted by molar-refractivity contribution is -0.113. The van der Waals surface area contributed by atoms with E-state index < -0.39 is 0 Å². The molecule has 0 unspecified atom stereocenters. The highest BCUT2D eigenvalue weighted by Gasteiger charge is 2.26. The molecule has 1 aliphatic rings. The minimum Gasteiger partial charge on any atom is -0.390 e. The van der Waals surface area contributed by atoms with Crippen molar-refractivity contribution in [1.82, 2.24) is 20.1 Å². The van der Waals surface area contributed by atoms with Crippen LogP contribution in [0.2, 0.25) is 0 Å². The molecule has 2 N–H and O–H groups in total. The molecule has 0 bridgehead atoms. The van der Waals surface area contributed by atoms with Gasteiger partial charge < -0.3 is 15.2 Å². The highest BCUT2D eigenvalue weighted by molar-refractivity contribution is 6.05. The van der Waals surface area contributed by atoms with Gasteiger partial charge in [0.2, 0.25) is 0 Å². The molecule has 0 radical (unpaired) electrons. The van der Waals surface area contributed by atoms with Crippen molar-refractivity contribution >= 4 is 11.6 Å². The first-order chi connectivity index (χ1) is 15.0. The van der Waals surface area contributed by atoms with E-state index in [1.54, 1.807) is 18.3 Å². The molecular weight excluding hydrogens is 393 g/mol. The van der Waals surface area contributed by atoms with Crippen LogP contribution in [0.5, 0.6) is 0 Å². The van der Waals surface area contributed by atoms with E-state index in [0.29, 0.717) is 5.57 Å². The van der Waals surface area contributed by atoms with Gasteiger partial charge in [-0.15, -0.1) is 10.2 Å². The Morgan fingerprint density at radius 2 is 1.97 bits per heavy atom. The maximum Gasteiger partial charge on any atom is 0.253 e. The number of hydrogen-bond acceptors (Lipinski definition) is 4. The Balaban J connectivity index is 1.61. The van der Waals surface area contributed by atoms with Gasteiger partial charge in [-0.05, 0) is 56.5 Å². The van der Waals surface area contributed by atoms with Gasteiger partial charge in [-0.2, -0.15) is 0 Å². The molecule has 0 saturated heterocycles. The summed E-state index contributed by atoms with van der Waals surface area (Å²) in [4.78, 5) is 13.2. The number of halogens is 1. The second-order valence-electron chi connectivity index (χ2n) is 7.75. The number of carbonyl (C=O) groups is 1. The van der Waals surface area contributed by atoms with Crippen molar-refractivity contribution < 1.29 is 9.18 Å². The van der Waals surface area contributed by atoms with E-state index in [2.05, 4.69) is 27.8 Å².